The van der Waals surface area contributed by atoms with Crippen molar-refractivity contribution in [1.82, 2.24) is 5.32 Å². The highest BCUT2D eigenvalue weighted by Gasteiger charge is 2.35. The number of methoxy groups -OCH3 is 2. The first-order chi connectivity index (χ1) is 18.9. The Hall–Kier alpha value is -4.68. The topological polar surface area (TPSA) is 112 Å². The minimum atomic E-state index is -0.626. The van der Waals surface area contributed by atoms with E-state index in [-0.39, 0.29) is 17.6 Å². The van der Waals surface area contributed by atoms with E-state index in [1.165, 1.54) is 18.9 Å². The lowest BCUT2D eigenvalue weighted by Gasteiger charge is -2.30. The number of nitriles is 1. The third kappa shape index (κ3) is 6.43. The van der Waals surface area contributed by atoms with Crippen molar-refractivity contribution in [2.45, 2.75) is 12.8 Å². The van der Waals surface area contributed by atoms with Gasteiger partial charge in [-0.25, -0.2) is 0 Å². The molecule has 3 aromatic carbocycles. The molecule has 198 valence electrons. The zero-order valence-corrected chi connectivity index (χ0v) is 22.6. The Bertz CT molecular complexity index is 1460. The first kappa shape index (κ1) is 27.4. The van der Waals surface area contributed by atoms with Gasteiger partial charge in [-0.15, -0.1) is 0 Å². The molecule has 1 heterocycles. The zero-order valence-electron chi connectivity index (χ0n) is 21.8. The quantitative estimate of drug-likeness (QED) is 0.333. The lowest BCUT2D eigenvalue weighted by atomic mass is 9.82. The van der Waals surface area contributed by atoms with Gasteiger partial charge in [-0.1, -0.05) is 54.2 Å². The van der Waals surface area contributed by atoms with Crippen LogP contribution in [0.4, 0.5) is 11.4 Å². The fourth-order valence-corrected chi connectivity index (χ4v) is 5.14. The van der Waals surface area contributed by atoms with Gasteiger partial charge in [0.05, 0.1) is 48.2 Å². The first-order valence-corrected chi connectivity index (χ1v) is 13.1. The van der Waals surface area contributed by atoms with Gasteiger partial charge in [0.25, 0.3) is 5.91 Å². The third-order valence-electron chi connectivity index (χ3n) is 6.10. The second-order valence-corrected chi connectivity index (χ2v) is 9.57. The smallest absolute Gasteiger partial charge is 0.254 e. The fourth-order valence-electron chi connectivity index (χ4n) is 4.25. The number of carbonyl (C=O) groups is 2. The standard InChI is InChI=1S/C30H28N4O4S/c1-19-27(29(36)34-24-11-7-8-12-25(24)38-3)28(20-9-5-4-6-10-20)23(17-31)30(32-19)39-18-26(35)33-21-13-15-22(37-2)16-14-21/h4-16,28,32H,18H2,1-3H3,(H,33,35)(H,34,36)/t28-/m0/s1. The van der Waals surface area contributed by atoms with Gasteiger partial charge in [0, 0.05) is 17.0 Å². The second kappa shape index (κ2) is 12.7. The van der Waals surface area contributed by atoms with Gasteiger partial charge in [0.1, 0.15) is 11.5 Å². The molecular weight excluding hydrogens is 512 g/mol. The van der Waals surface area contributed by atoms with E-state index in [1.54, 1.807) is 56.5 Å². The Kier molecular flexibility index (Phi) is 8.92. The number of hydrogen-bond donors (Lipinski definition) is 3. The van der Waals surface area contributed by atoms with E-state index < -0.39 is 5.92 Å². The van der Waals surface area contributed by atoms with E-state index >= 15 is 0 Å². The van der Waals surface area contributed by atoms with Crippen LogP contribution in [0.3, 0.4) is 0 Å². The Morgan fingerprint density at radius 3 is 2.31 bits per heavy atom. The highest BCUT2D eigenvalue weighted by atomic mass is 32.2. The van der Waals surface area contributed by atoms with E-state index in [9.17, 15) is 14.9 Å². The molecule has 4 rings (SSSR count). The van der Waals surface area contributed by atoms with Gasteiger partial charge in [-0.3, -0.25) is 9.59 Å². The summed E-state index contributed by atoms with van der Waals surface area (Å²) in [5.74, 6) is 0.0783. The summed E-state index contributed by atoms with van der Waals surface area (Å²) in [6, 6.07) is 25.8. The van der Waals surface area contributed by atoms with Crippen LogP contribution in [0.1, 0.15) is 18.4 Å². The van der Waals surface area contributed by atoms with Crippen LogP contribution in [-0.4, -0.2) is 31.8 Å². The molecule has 0 aromatic heterocycles. The van der Waals surface area contributed by atoms with Crippen molar-refractivity contribution in [3.8, 4) is 17.6 Å². The van der Waals surface area contributed by atoms with Crippen LogP contribution < -0.4 is 25.4 Å². The Labute approximate surface area is 231 Å². The number of dihydropyridines is 1. The highest BCUT2D eigenvalue weighted by Crippen LogP contribution is 2.41. The molecule has 0 saturated heterocycles. The van der Waals surface area contributed by atoms with Crippen LogP contribution in [-0.2, 0) is 9.59 Å². The average Bonchev–Trinajstić information content (AvgIpc) is 2.96. The highest BCUT2D eigenvalue weighted by molar-refractivity contribution is 8.03. The Morgan fingerprint density at radius 1 is 0.949 bits per heavy atom. The molecule has 2 amide bonds. The van der Waals surface area contributed by atoms with Crippen molar-refractivity contribution in [1.29, 1.82) is 5.26 Å². The SMILES string of the molecule is COc1ccc(NC(=O)CSC2=C(C#N)[C@H](c3ccccc3)C(C(=O)Nc3ccccc3OC)=C(C)N2)cc1. The third-order valence-corrected chi connectivity index (χ3v) is 7.12. The maximum Gasteiger partial charge on any atom is 0.254 e. The van der Waals surface area contributed by atoms with Crippen molar-refractivity contribution >= 4 is 35.0 Å². The van der Waals surface area contributed by atoms with E-state index in [4.69, 9.17) is 9.47 Å². The van der Waals surface area contributed by atoms with Gasteiger partial charge < -0.3 is 25.4 Å². The minimum Gasteiger partial charge on any atom is -0.497 e. The molecular formula is C30H28N4O4S. The molecule has 3 N–H and O–H groups in total. The van der Waals surface area contributed by atoms with Crippen molar-refractivity contribution in [2.75, 3.05) is 30.6 Å². The van der Waals surface area contributed by atoms with Crippen molar-refractivity contribution < 1.29 is 19.1 Å². The Morgan fingerprint density at radius 2 is 1.64 bits per heavy atom. The summed E-state index contributed by atoms with van der Waals surface area (Å²) < 4.78 is 10.5. The number of rotatable bonds is 9. The number of hydrogen-bond acceptors (Lipinski definition) is 7. The van der Waals surface area contributed by atoms with Gasteiger partial charge in [0.15, 0.2) is 0 Å². The molecule has 39 heavy (non-hydrogen) atoms. The molecule has 0 bridgehead atoms. The molecule has 8 nitrogen and oxygen atoms in total. The fraction of sp³-hybridized carbons (Fsp3) is 0.167. The number of amides is 2. The molecule has 1 atom stereocenters. The van der Waals surface area contributed by atoms with E-state index in [1.807, 2.05) is 36.4 Å². The van der Waals surface area contributed by atoms with Crippen LogP contribution in [0.2, 0.25) is 0 Å². The van der Waals surface area contributed by atoms with E-state index in [0.29, 0.717) is 44.7 Å². The lowest BCUT2D eigenvalue weighted by Crippen LogP contribution is -2.31. The summed E-state index contributed by atoms with van der Waals surface area (Å²) in [5, 5.41) is 19.8. The number of carbonyl (C=O) groups excluding carboxylic acids is 2. The summed E-state index contributed by atoms with van der Waals surface area (Å²) in [4.78, 5) is 26.3. The summed E-state index contributed by atoms with van der Waals surface area (Å²) in [6.07, 6.45) is 0. The zero-order chi connectivity index (χ0) is 27.8. The van der Waals surface area contributed by atoms with E-state index in [0.717, 1.165) is 5.56 Å². The van der Waals surface area contributed by atoms with Crippen LogP contribution in [0.5, 0.6) is 11.5 Å². The predicted molar refractivity (Wildman–Crippen MR) is 153 cm³/mol. The maximum atomic E-state index is 13.6. The Balaban J connectivity index is 1.60. The average molecular weight is 541 g/mol. The number of nitrogens with zero attached hydrogens (tertiary/aromatic N) is 1. The summed E-state index contributed by atoms with van der Waals surface area (Å²) >= 11 is 1.21. The van der Waals surface area contributed by atoms with Gasteiger partial charge >= 0.3 is 0 Å². The number of nitrogens with one attached hydrogen (secondary N) is 3. The lowest BCUT2D eigenvalue weighted by molar-refractivity contribution is -0.114. The second-order valence-electron chi connectivity index (χ2n) is 8.58. The van der Waals surface area contributed by atoms with Crippen LogP contribution >= 0.6 is 11.8 Å². The summed E-state index contributed by atoms with van der Waals surface area (Å²) in [6.45, 7) is 1.79. The van der Waals surface area contributed by atoms with Gasteiger partial charge in [-0.05, 0) is 48.9 Å². The molecule has 0 unspecified atom stereocenters. The molecule has 0 spiro atoms. The largest absolute Gasteiger partial charge is 0.497 e. The number of anilines is 2. The molecule has 1 aliphatic heterocycles. The maximum absolute atomic E-state index is 13.6. The van der Waals surface area contributed by atoms with Crippen molar-refractivity contribution in [3.05, 3.63) is 106 Å². The predicted octanol–water partition coefficient (Wildman–Crippen LogP) is 5.41. The monoisotopic (exact) mass is 540 g/mol. The molecule has 0 saturated carbocycles. The number of ether oxygens (including phenoxy) is 2. The van der Waals surface area contributed by atoms with Gasteiger partial charge in [-0.2, -0.15) is 5.26 Å². The number of allylic oxidation sites excluding steroid dienone is 2. The van der Waals surface area contributed by atoms with Crippen molar-refractivity contribution in [3.63, 3.8) is 0 Å². The number of para-hydroxylation sites is 2. The van der Waals surface area contributed by atoms with Crippen LogP contribution in [0, 0.1) is 11.3 Å². The van der Waals surface area contributed by atoms with E-state index in [2.05, 4.69) is 22.0 Å². The normalized spacial score (nSPS) is 14.7. The molecule has 0 radical (unpaired) electrons. The molecule has 0 aliphatic carbocycles. The molecule has 9 heteroatoms. The number of benzene rings is 3. The van der Waals surface area contributed by atoms with Gasteiger partial charge in [0.2, 0.25) is 5.91 Å². The summed E-state index contributed by atoms with van der Waals surface area (Å²) in [7, 11) is 3.11. The first-order valence-electron chi connectivity index (χ1n) is 12.1. The van der Waals surface area contributed by atoms with Crippen molar-refractivity contribution in [2.24, 2.45) is 0 Å². The molecule has 0 fully saturated rings. The molecule has 1 aliphatic rings. The minimum absolute atomic E-state index is 0.0665. The molecule has 3 aromatic rings. The van der Waals surface area contributed by atoms with Crippen LogP contribution in [0.15, 0.2) is 101 Å². The van der Waals surface area contributed by atoms with Crippen LogP contribution in [0.25, 0.3) is 0 Å². The number of thioether (sulfide) groups is 1. The summed E-state index contributed by atoms with van der Waals surface area (Å²) in [5.41, 5.74) is 3.32.